The molecule has 0 radical (unpaired) electrons. The fraction of sp³-hybridized carbons (Fsp3) is 0.529. The van der Waals surface area contributed by atoms with Crippen LogP contribution in [0.4, 0.5) is 5.69 Å². The smallest absolute Gasteiger partial charge is 0.228 e. The highest BCUT2D eigenvalue weighted by Gasteiger charge is 2.32. The SMILES string of the molecule is COCCS(=O)(=O)N1CCCC(C(=O)Nc2cccc(C(C)=O)c2)C1. The predicted octanol–water partition coefficient (Wildman–Crippen LogP) is 1.52. The van der Waals surface area contributed by atoms with Crippen LogP contribution in [0, 0.1) is 5.92 Å². The van der Waals surface area contributed by atoms with Gasteiger partial charge in [-0.25, -0.2) is 12.7 Å². The van der Waals surface area contributed by atoms with Crippen LogP contribution in [-0.4, -0.2) is 57.0 Å². The van der Waals surface area contributed by atoms with Gasteiger partial charge in [-0.1, -0.05) is 12.1 Å². The van der Waals surface area contributed by atoms with Gasteiger partial charge in [-0.3, -0.25) is 9.59 Å². The molecule has 25 heavy (non-hydrogen) atoms. The summed E-state index contributed by atoms with van der Waals surface area (Å²) in [6, 6.07) is 6.72. The van der Waals surface area contributed by atoms with Crippen molar-refractivity contribution in [2.75, 3.05) is 37.9 Å². The standard InChI is InChI=1S/C17H24N2O5S/c1-13(20)14-5-3-7-16(11-14)18-17(21)15-6-4-8-19(12-15)25(22,23)10-9-24-2/h3,5,7,11,15H,4,6,8-10,12H2,1-2H3,(H,18,21). The molecule has 1 atom stereocenters. The molecule has 2 rings (SSSR count). The number of nitrogens with zero attached hydrogens (tertiary/aromatic N) is 1. The summed E-state index contributed by atoms with van der Waals surface area (Å²) in [7, 11) is -1.96. The summed E-state index contributed by atoms with van der Waals surface area (Å²) < 4.78 is 30.7. The molecule has 1 aliphatic heterocycles. The average Bonchev–Trinajstić information content (AvgIpc) is 2.60. The maximum atomic E-state index is 12.5. The number of carbonyl (C=O) groups is 2. The Kier molecular flexibility index (Phi) is 6.69. The van der Waals surface area contributed by atoms with Crippen LogP contribution in [-0.2, 0) is 19.6 Å². The fourth-order valence-electron chi connectivity index (χ4n) is 2.79. The first kappa shape index (κ1) is 19.6. The van der Waals surface area contributed by atoms with Crippen LogP contribution in [0.5, 0.6) is 0 Å². The Morgan fingerprint density at radius 2 is 2.12 bits per heavy atom. The van der Waals surface area contributed by atoms with E-state index in [1.807, 2.05) is 0 Å². The molecule has 1 aromatic rings. The lowest BCUT2D eigenvalue weighted by molar-refractivity contribution is -0.120. The van der Waals surface area contributed by atoms with Crippen molar-refractivity contribution in [3.63, 3.8) is 0 Å². The summed E-state index contributed by atoms with van der Waals surface area (Å²) in [6.07, 6.45) is 1.27. The number of sulfonamides is 1. The molecule has 138 valence electrons. The Morgan fingerprint density at radius 3 is 2.80 bits per heavy atom. The lowest BCUT2D eigenvalue weighted by atomic mass is 9.98. The summed E-state index contributed by atoms with van der Waals surface area (Å²) in [5.74, 6) is -0.804. The number of benzene rings is 1. The number of hydrogen-bond acceptors (Lipinski definition) is 5. The molecule has 8 heteroatoms. The molecule has 1 aliphatic rings. The predicted molar refractivity (Wildman–Crippen MR) is 95.0 cm³/mol. The summed E-state index contributed by atoms with van der Waals surface area (Å²) in [6.45, 7) is 2.19. The Labute approximate surface area is 148 Å². The molecule has 0 aromatic heterocycles. The van der Waals surface area contributed by atoms with Gasteiger partial charge < -0.3 is 10.1 Å². The third-order valence-corrected chi connectivity index (χ3v) is 6.03. The number of hydrogen-bond donors (Lipinski definition) is 1. The van der Waals surface area contributed by atoms with E-state index in [0.29, 0.717) is 30.6 Å². The number of rotatable bonds is 7. The second-order valence-electron chi connectivity index (χ2n) is 6.13. The Balaban J connectivity index is 2.02. The van der Waals surface area contributed by atoms with Crippen molar-refractivity contribution < 1.29 is 22.7 Å². The number of ketones is 1. The van der Waals surface area contributed by atoms with Crippen molar-refractivity contribution in [2.24, 2.45) is 5.92 Å². The highest BCUT2D eigenvalue weighted by Crippen LogP contribution is 2.21. The largest absolute Gasteiger partial charge is 0.384 e. The van der Waals surface area contributed by atoms with Gasteiger partial charge in [0.25, 0.3) is 0 Å². The molecule has 1 heterocycles. The minimum absolute atomic E-state index is 0.0795. The zero-order valence-corrected chi connectivity index (χ0v) is 15.3. The zero-order valence-electron chi connectivity index (χ0n) is 14.5. The molecule has 0 spiro atoms. The first-order valence-electron chi connectivity index (χ1n) is 8.22. The van der Waals surface area contributed by atoms with Gasteiger partial charge in [0.2, 0.25) is 15.9 Å². The van der Waals surface area contributed by atoms with Gasteiger partial charge in [0.15, 0.2) is 5.78 Å². The van der Waals surface area contributed by atoms with Gasteiger partial charge in [0.1, 0.15) is 0 Å². The number of nitrogens with one attached hydrogen (secondary N) is 1. The minimum Gasteiger partial charge on any atom is -0.384 e. The number of ether oxygens (including phenoxy) is 1. The lowest BCUT2D eigenvalue weighted by Crippen LogP contribution is -2.45. The zero-order chi connectivity index (χ0) is 18.4. The monoisotopic (exact) mass is 368 g/mol. The summed E-state index contributed by atoms with van der Waals surface area (Å²) in [5, 5.41) is 2.78. The molecule has 0 saturated carbocycles. The van der Waals surface area contributed by atoms with Crippen LogP contribution in [0.15, 0.2) is 24.3 Å². The van der Waals surface area contributed by atoms with Crippen molar-refractivity contribution in [3.8, 4) is 0 Å². The fourth-order valence-corrected chi connectivity index (χ4v) is 4.24. The van der Waals surface area contributed by atoms with Gasteiger partial charge in [0.05, 0.1) is 18.3 Å². The van der Waals surface area contributed by atoms with E-state index in [1.54, 1.807) is 24.3 Å². The highest BCUT2D eigenvalue weighted by molar-refractivity contribution is 7.89. The topological polar surface area (TPSA) is 92.8 Å². The van der Waals surface area contributed by atoms with Crippen LogP contribution in [0.3, 0.4) is 0 Å². The molecule has 0 aliphatic carbocycles. The van der Waals surface area contributed by atoms with E-state index in [9.17, 15) is 18.0 Å². The van der Waals surface area contributed by atoms with Crippen LogP contribution < -0.4 is 5.32 Å². The number of piperidine rings is 1. The van der Waals surface area contributed by atoms with Gasteiger partial charge in [-0.15, -0.1) is 0 Å². The van der Waals surface area contributed by atoms with Gasteiger partial charge >= 0.3 is 0 Å². The van der Waals surface area contributed by atoms with Gasteiger partial charge in [0, 0.05) is 31.5 Å². The maximum absolute atomic E-state index is 12.5. The maximum Gasteiger partial charge on any atom is 0.228 e. The van der Waals surface area contributed by atoms with E-state index in [0.717, 1.165) is 0 Å². The summed E-state index contributed by atoms with van der Waals surface area (Å²) in [4.78, 5) is 23.9. The Bertz CT molecular complexity index is 732. The number of methoxy groups -OCH3 is 1. The van der Waals surface area contributed by atoms with Crippen LogP contribution in [0.2, 0.25) is 0 Å². The molecule has 7 nitrogen and oxygen atoms in total. The van der Waals surface area contributed by atoms with E-state index >= 15 is 0 Å². The lowest BCUT2D eigenvalue weighted by Gasteiger charge is -2.31. The number of amides is 1. The molecule has 0 bridgehead atoms. The van der Waals surface area contributed by atoms with Gasteiger partial charge in [-0.05, 0) is 31.9 Å². The molecular weight excluding hydrogens is 344 g/mol. The molecular formula is C17H24N2O5S. The summed E-state index contributed by atoms with van der Waals surface area (Å²) in [5.41, 5.74) is 1.06. The van der Waals surface area contributed by atoms with Crippen molar-refractivity contribution in [1.82, 2.24) is 4.31 Å². The Hall–Kier alpha value is -1.77. The normalized spacial score (nSPS) is 18.7. The molecule has 1 N–H and O–H groups in total. The van der Waals surface area contributed by atoms with Crippen LogP contribution in [0.1, 0.15) is 30.1 Å². The molecule has 1 aromatic carbocycles. The highest BCUT2D eigenvalue weighted by atomic mass is 32.2. The summed E-state index contributed by atoms with van der Waals surface area (Å²) >= 11 is 0. The third kappa shape index (κ3) is 5.35. The molecule has 1 fully saturated rings. The second-order valence-corrected chi connectivity index (χ2v) is 8.22. The van der Waals surface area contributed by atoms with E-state index in [1.165, 1.54) is 18.3 Å². The van der Waals surface area contributed by atoms with E-state index in [4.69, 9.17) is 4.74 Å². The van der Waals surface area contributed by atoms with E-state index in [-0.39, 0.29) is 30.6 Å². The molecule has 1 unspecified atom stereocenters. The van der Waals surface area contributed by atoms with E-state index < -0.39 is 15.9 Å². The van der Waals surface area contributed by atoms with Crippen molar-refractivity contribution in [1.29, 1.82) is 0 Å². The van der Waals surface area contributed by atoms with Gasteiger partial charge in [-0.2, -0.15) is 0 Å². The second kappa shape index (κ2) is 8.55. The van der Waals surface area contributed by atoms with E-state index in [2.05, 4.69) is 5.32 Å². The quantitative estimate of drug-likeness (QED) is 0.737. The van der Waals surface area contributed by atoms with Crippen molar-refractivity contribution >= 4 is 27.4 Å². The number of Topliss-reactive ketones (excluding diaryl/α,β-unsaturated/α-hetero) is 1. The minimum atomic E-state index is -3.42. The van der Waals surface area contributed by atoms with Crippen molar-refractivity contribution in [2.45, 2.75) is 19.8 Å². The number of anilines is 1. The first-order chi connectivity index (χ1) is 11.8. The van der Waals surface area contributed by atoms with Crippen LogP contribution >= 0.6 is 0 Å². The molecule has 1 amide bonds. The number of carbonyl (C=O) groups excluding carboxylic acids is 2. The van der Waals surface area contributed by atoms with Crippen molar-refractivity contribution in [3.05, 3.63) is 29.8 Å². The molecule has 1 saturated heterocycles. The third-order valence-electron chi connectivity index (χ3n) is 4.23. The van der Waals surface area contributed by atoms with Crippen LogP contribution in [0.25, 0.3) is 0 Å². The average molecular weight is 368 g/mol. The first-order valence-corrected chi connectivity index (χ1v) is 9.83. The Morgan fingerprint density at radius 1 is 1.36 bits per heavy atom.